The maximum atomic E-state index is 10.4. The third-order valence-corrected chi connectivity index (χ3v) is 2.92. The van der Waals surface area contributed by atoms with Crippen molar-refractivity contribution in [1.82, 2.24) is 5.32 Å². The van der Waals surface area contributed by atoms with Gasteiger partial charge in [-0.25, -0.2) is 0 Å². The summed E-state index contributed by atoms with van der Waals surface area (Å²) in [7, 11) is 0. The molecule has 2 N–H and O–H groups in total. The Morgan fingerprint density at radius 2 is 1.94 bits per heavy atom. The summed E-state index contributed by atoms with van der Waals surface area (Å²) in [5.41, 5.74) is 2.29. The summed E-state index contributed by atoms with van der Waals surface area (Å²) in [4.78, 5) is 12.7. The van der Waals surface area contributed by atoms with Crippen LogP contribution in [0, 0.1) is 0 Å². The second kappa shape index (κ2) is 6.37. The molecule has 1 fully saturated rings. The molecule has 1 aromatic rings. The van der Waals surface area contributed by atoms with E-state index in [0.29, 0.717) is 6.54 Å². The molecule has 0 bridgehead atoms. The summed E-state index contributed by atoms with van der Waals surface area (Å²) in [5, 5.41) is 11.4. The lowest BCUT2D eigenvalue weighted by atomic mass is 10.2. The summed E-state index contributed by atoms with van der Waals surface area (Å²) >= 11 is 0. The summed E-state index contributed by atoms with van der Waals surface area (Å²) in [6.45, 7) is 3.98. The van der Waals surface area contributed by atoms with Crippen molar-refractivity contribution in [2.24, 2.45) is 0 Å². The highest BCUT2D eigenvalue weighted by molar-refractivity contribution is 5.69. The van der Waals surface area contributed by atoms with Crippen molar-refractivity contribution in [3.8, 4) is 0 Å². The van der Waals surface area contributed by atoms with Crippen LogP contribution in [0.5, 0.6) is 0 Å². The van der Waals surface area contributed by atoms with Gasteiger partial charge in [0.1, 0.15) is 0 Å². The number of carboxylic acid groups (broad SMARTS) is 1. The average Bonchev–Trinajstić information content (AvgIpc) is 2.40. The number of nitrogens with zero attached hydrogens (tertiary/aromatic N) is 1. The number of benzene rings is 1. The number of anilines is 1. The summed E-state index contributed by atoms with van der Waals surface area (Å²) in [6.07, 6.45) is 0. The average molecular weight is 250 g/mol. The normalized spacial score (nSPS) is 15.7. The summed E-state index contributed by atoms with van der Waals surface area (Å²) in [6, 6.07) is 8.20. The highest BCUT2D eigenvalue weighted by atomic mass is 16.5. The zero-order valence-corrected chi connectivity index (χ0v) is 10.3. The molecule has 0 saturated carbocycles. The third-order valence-electron chi connectivity index (χ3n) is 2.92. The number of nitrogens with one attached hydrogen (secondary N) is 1. The van der Waals surface area contributed by atoms with Gasteiger partial charge in [0.25, 0.3) is 0 Å². The molecule has 1 aliphatic rings. The van der Waals surface area contributed by atoms with Gasteiger partial charge in [-0.2, -0.15) is 0 Å². The van der Waals surface area contributed by atoms with Gasteiger partial charge < -0.3 is 20.1 Å². The smallest absolute Gasteiger partial charge is 0.317 e. The zero-order valence-electron chi connectivity index (χ0n) is 10.3. The molecular formula is C13H18N2O3. The van der Waals surface area contributed by atoms with E-state index in [1.807, 2.05) is 12.1 Å². The van der Waals surface area contributed by atoms with Crippen LogP contribution < -0.4 is 10.2 Å². The number of rotatable bonds is 5. The fourth-order valence-electron chi connectivity index (χ4n) is 1.96. The molecule has 0 radical (unpaired) electrons. The number of carboxylic acids is 1. The van der Waals surface area contributed by atoms with Crippen molar-refractivity contribution in [2.45, 2.75) is 6.54 Å². The van der Waals surface area contributed by atoms with Crippen LogP contribution in [0.3, 0.4) is 0 Å². The number of aliphatic carboxylic acids is 1. The molecule has 18 heavy (non-hydrogen) atoms. The molecule has 1 aromatic carbocycles. The monoisotopic (exact) mass is 250 g/mol. The lowest BCUT2D eigenvalue weighted by molar-refractivity contribution is -0.135. The van der Waals surface area contributed by atoms with Gasteiger partial charge in [-0.1, -0.05) is 12.1 Å². The van der Waals surface area contributed by atoms with E-state index in [2.05, 4.69) is 22.3 Å². The minimum Gasteiger partial charge on any atom is -0.480 e. The zero-order chi connectivity index (χ0) is 12.8. The molecule has 0 aliphatic carbocycles. The second-order valence-electron chi connectivity index (χ2n) is 4.26. The Labute approximate surface area is 106 Å². The quantitative estimate of drug-likeness (QED) is 0.805. The van der Waals surface area contributed by atoms with E-state index >= 15 is 0 Å². The van der Waals surface area contributed by atoms with Gasteiger partial charge in [0.05, 0.1) is 19.8 Å². The van der Waals surface area contributed by atoms with Crippen molar-refractivity contribution in [3.63, 3.8) is 0 Å². The highest BCUT2D eigenvalue weighted by Gasteiger charge is 2.10. The first-order chi connectivity index (χ1) is 8.75. The first-order valence-electron chi connectivity index (χ1n) is 6.10. The molecule has 1 heterocycles. The number of hydrogen-bond acceptors (Lipinski definition) is 4. The van der Waals surface area contributed by atoms with Gasteiger partial charge in [-0.3, -0.25) is 4.79 Å². The van der Waals surface area contributed by atoms with Gasteiger partial charge in [0.2, 0.25) is 0 Å². The van der Waals surface area contributed by atoms with E-state index in [1.165, 1.54) is 5.69 Å². The van der Waals surface area contributed by atoms with Crippen LogP contribution in [0.25, 0.3) is 0 Å². The van der Waals surface area contributed by atoms with Gasteiger partial charge >= 0.3 is 5.97 Å². The molecular weight excluding hydrogens is 232 g/mol. The number of ether oxygens (including phenoxy) is 1. The molecule has 5 nitrogen and oxygen atoms in total. The number of hydrogen-bond donors (Lipinski definition) is 2. The maximum Gasteiger partial charge on any atom is 0.317 e. The molecule has 1 aliphatic heterocycles. The largest absolute Gasteiger partial charge is 0.480 e. The van der Waals surface area contributed by atoms with Gasteiger partial charge in [-0.15, -0.1) is 0 Å². The minimum absolute atomic E-state index is 0.00872. The van der Waals surface area contributed by atoms with E-state index in [1.54, 1.807) is 0 Å². The minimum atomic E-state index is -0.833. The molecule has 98 valence electrons. The van der Waals surface area contributed by atoms with E-state index in [4.69, 9.17) is 9.84 Å². The highest BCUT2D eigenvalue weighted by Crippen LogP contribution is 2.16. The molecule has 1 saturated heterocycles. The van der Waals surface area contributed by atoms with E-state index < -0.39 is 5.97 Å². The number of morpholine rings is 1. The van der Waals surface area contributed by atoms with Crippen LogP contribution in [0.2, 0.25) is 0 Å². The van der Waals surface area contributed by atoms with Crippen molar-refractivity contribution in [1.29, 1.82) is 0 Å². The van der Waals surface area contributed by atoms with Gasteiger partial charge in [0.15, 0.2) is 0 Å². The van der Waals surface area contributed by atoms with Crippen molar-refractivity contribution < 1.29 is 14.6 Å². The van der Waals surface area contributed by atoms with Crippen molar-refractivity contribution in [3.05, 3.63) is 29.8 Å². The Hall–Kier alpha value is -1.59. The fourth-order valence-corrected chi connectivity index (χ4v) is 1.96. The predicted octanol–water partition coefficient (Wildman–Crippen LogP) is 0.697. The van der Waals surface area contributed by atoms with Gasteiger partial charge in [-0.05, 0) is 17.7 Å². The first-order valence-corrected chi connectivity index (χ1v) is 6.10. The Balaban J connectivity index is 1.86. The molecule has 0 spiro atoms. The van der Waals surface area contributed by atoms with Gasteiger partial charge in [0, 0.05) is 25.3 Å². The standard InChI is InChI=1S/C13H18N2O3/c16-13(17)10-14-9-11-1-3-12(4-2-11)15-5-7-18-8-6-15/h1-4,14H,5-10H2,(H,16,17). The molecule has 0 atom stereocenters. The van der Waals surface area contributed by atoms with E-state index in [0.717, 1.165) is 31.9 Å². The van der Waals surface area contributed by atoms with Crippen LogP contribution in [0.15, 0.2) is 24.3 Å². The SMILES string of the molecule is O=C(O)CNCc1ccc(N2CCOCC2)cc1. The van der Waals surface area contributed by atoms with E-state index in [-0.39, 0.29) is 6.54 Å². The second-order valence-corrected chi connectivity index (χ2v) is 4.26. The molecule has 5 heteroatoms. The molecule has 0 aromatic heterocycles. The van der Waals surface area contributed by atoms with Crippen molar-refractivity contribution in [2.75, 3.05) is 37.7 Å². The van der Waals surface area contributed by atoms with Crippen LogP contribution in [0.4, 0.5) is 5.69 Å². The first kappa shape index (κ1) is 12.9. The Bertz CT molecular complexity index is 386. The Morgan fingerprint density at radius 3 is 2.56 bits per heavy atom. The summed E-state index contributed by atoms with van der Waals surface area (Å²) in [5.74, 6) is -0.833. The molecule has 0 unspecified atom stereocenters. The van der Waals surface area contributed by atoms with Crippen LogP contribution >= 0.6 is 0 Å². The lowest BCUT2D eigenvalue weighted by Gasteiger charge is -2.28. The fraction of sp³-hybridized carbons (Fsp3) is 0.462. The van der Waals surface area contributed by atoms with Crippen LogP contribution in [0.1, 0.15) is 5.56 Å². The third kappa shape index (κ3) is 3.72. The van der Waals surface area contributed by atoms with Crippen molar-refractivity contribution >= 4 is 11.7 Å². The topological polar surface area (TPSA) is 61.8 Å². The Morgan fingerprint density at radius 1 is 1.28 bits per heavy atom. The van der Waals surface area contributed by atoms with Crippen LogP contribution in [-0.2, 0) is 16.1 Å². The summed E-state index contributed by atoms with van der Waals surface area (Å²) < 4.78 is 5.31. The van der Waals surface area contributed by atoms with E-state index in [9.17, 15) is 4.79 Å². The maximum absolute atomic E-state index is 10.4. The van der Waals surface area contributed by atoms with Crippen LogP contribution in [-0.4, -0.2) is 43.9 Å². The molecule has 2 rings (SSSR count). The number of carbonyl (C=O) groups is 1. The molecule has 0 amide bonds. The Kier molecular flexibility index (Phi) is 4.55. The lowest BCUT2D eigenvalue weighted by Crippen LogP contribution is -2.36. The predicted molar refractivity (Wildman–Crippen MR) is 68.8 cm³/mol.